The molecule has 1 saturated carbocycles. The number of aromatic nitrogens is 1. The van der Waals surface area contributed by atoms with Crippen LogP contribution in [0, 0.1) is 12.8 Å². The number of amides is 1. The van der Waals surface area contributed by atoms with Crippen LogP contribution >= 0.6 is 11.5 Å². The number of carbonyl (C=O) groups excluding carboxylic acids is 1. The van der Waals surface area contributed by atoms with Crippen LogP contribution in [0.4, 0.5) is 0 Å². The minimum atomic E-state index is 0.00399. The molecule has 1 amide bonds. The Kier molecular flexibility index (Phi) is 4.39. The summed E-state index contributed by atoms with van der Waals surface area (Å²) in [5, 5.41) is 2.03. The second kappa shape index (κ2) is 6.44. The van der Waals surface area contributed by atoms with Crippen molar-refractivity contribution in [2.45, 2.75) is 25.8 Å². The molecule has 3 rings (SSSR count). The van der Waals surface area contributed by atoms with Gasteiger partial charge in [0.05, 0.1) is 5.69 Å². The maximum Gasteiger partial charge on any atom is 0.246 e. The number of benzene rings is 1. The lowest BCUT2D eigenvalue weighted by Crippen LogP contribution is -2.31. The number of hydrogen-bond acceptors (Lipinski definition) is 3. The molecule has 2 aromatic rings. The molecule has 0 unspecified atom stereocenters. The fourth-order valence-electron chi connectivity index (χ4n) is 2.87. The smallest absolute Gasteiger partial charge is 0.246 e. The summed E-state index contributed by atoms with van der Waals surface area (Å²) in [5.74, 6) is 1.14. The van der Waals surface area contributed by atoms with E-state index >= 15 is 0 Å². The van der Waals surface area contributed by atoms with Crippen molar-refractivity contribution in [3.63, 3.8) is 0 Å². The van der Waals surface area contributed by atoms with Crippen LogP contribution in [0.3, 0.4) is 0 Å². The van der Waals surface area contributed by atoms with Gasteiger partial charge in [0.25, 0.3) is 0 Å². The predicted octanol–water partition coefficient (Wildman–Crippen LogP) is 3.77. The number of hydrogen-bond donors (Lipinski definition) is 0. The molecular weight excluding hydrogens is 292 g/mol. The molecule has 2 atom stereocenters. The molecule has 1 heterocycles. The molecule has 1 aliphatic rings. The Morgan fingerprint density at radius 3 is 2.86 bits per heavy atom. The Morgan fingerprint density at radius 1 is 1.45 bits per heavy atom. The van der Waals surface area contributed by atoms with Crippen molar-refractivity contribution in [3.05, 3.63) is 65.2 Å². The maximum absolute atomic E-state index is 12.1. The van der Waals surface area contributed by atoms with E-state index in [2.05, 4.69) is 35.2 Å². The van der Waals surface area contributed by atoms with E-state index in [1.807, 2.05) is 23.3 Å². The van der Waals surface area contributed by atoms with E-state index in [4.69, 9.17) is 0 Å². The lowest BCUT2D eigenvalue weighted by Gasteiger charge is -2.21. The summed E-state index contributed by atoms with van der Waals surface area (Å²) < 4.78 is 4.29. The highest BCUT2D eigenvalue weighted by Gasteiger charge is 2.39. The van der Waals surface area contributed by atoms with Gasteiger partial charge in [-0.25, -0.2) is 0 Å². The van der Waals surface area contributed by atoms with Crippen LogP contribution in [-0.4, -0.2) is 21.7 Å². The van der Waals surface area contributed by atoms with Gasteiger partial charge in [-0.05, 0) is 48.4 Å². The molecule has 22 heavy (non-hydrogen) atoms. The zero-order valence-corrected chi connectivity index (χ0v) is 13.6. The van der Waals surface area contributed by atoms with Crippen LogP contribution in [0.1, 0.15) is 29.2 Å². The lowest BCUT2D eigenvalue weighted by molar-refractivity contribution is -0.126. The van der Waals surface area contributed by atoms with E-state index in [0.29, 0.717) is 18.4 Å². The highest BCUT2D eigenvalue weighted by atomic mass is 32.1. The first kappa shape index (κ1) is 15.0. The third kappa shape index (κ3) is 3.28. The molecule has 1 aliphatic carbocycles. The van der Waals surface area contributed by atoms with Crippen molar-refractivity contribution >= 4 is 17.4 Å². The average molecular weight is 312 g/mol. The molecule has 1 aromatic heterocycles. The number of rotatable bonds is 6. The monoisotopic (exact) mass is 312 g/mol. The summed E-state index contributed by atoms with van der Waals surface area (Å²) >= 11 is 1.45. The fraction of sp³-hybridized carbons (Fsp3) is 0.333. The predicted molar refractivity (Wildman–Crippen MR) is 89.8 cm³/mol. The van der Waals surface area contributed by atoms with Crippen LogP contribution < -0.4 is 0 Å². The second-order valence-electron chi connectivity index (χ2n) is 5.86. The van der Waals surface area contributed by atoms with Gasteiger partial charge in [0.15, 0.2) is 0 Å². The van der Waals surface area contributed by atoms with E-state index in [1.54, 1.807) is 0 Å². The molecule has 0 bridgehead atoms. The Bertz CT molecular complexity index is 665. The van der Waals surface area contributed by atoms with Crippen molar-refractivity contribution in [1.82, 2.24) is 9.27 Å². The summed E-state index contributed by atoms with van der Waals surface area (Å²) in [4.78, 5) is 14.0. The standard InChI is InChI=1S/C18H20N2OS/c1-3-18(21)20(11-16-12-22-19-13(16)2)10-15-9-17(15)14-7-5-4-6-8-14/h3-8,12,15,17H,1,9-11H2,2H3/t15-,17-/m0/s1. The zero-order valence-electron chi connectivity index (χ0n) is 12.7. The van der Waals surface area contributed by atoms with Crippen molar-refractivity contribution in [3.8, 4) is 0 Å². The van der Waals surface area contributed by atoms with Crippen LogP contribution in [0.5, 0.6) is 0 Å². The van der Waals surface area contributed by atoms with Gasteiger partial charge in [0, 0.05) is 24.0 Å². The Labute approximate surface area is 135 Å². The summed E-state index contributed by atoms with van der Waals surface area (Å²) in [6, 6.07) is 10.6. The molecule has 1 fully saturated rings. The van der Waals surface area contributed by atoms with Gasteiger partial charge >= 0.3 is 0 Å². The fourth-order valence-corrected chi connectivity index (χ4v) is 3.57. The minimum absolute atomic E-state index is 0.00399. The van der Waals surface area contributed by atoms with Gasteiger partial charge in [0.1, 0.15) is 0 Å². The first-order valence-electron chi connectivity index (χ1n) is 7.55. The van der Waals surface area contributed by atoms with Crippen LogP contribution in [0.25, 0.3) is 0 Å². The molecule has 0 radical (unpaired) electrons. The van der Waals surface area contributed by atoms with E-state index in [-0.39, 0.29) is 5.91 Å². The molecule has 114 valence electrons. The van der Waals surface area contributed by atoms with Crippen molar-refractivity contribution in [1.29, 1.82) is 0 Å². The molecule has 4 heteroatoms. The lowest BCUT2D eigenvalue weighted by atomic mass is 10.1. The molecule has 0 saturated heterocycles. The van der Waals surface area contributed by atoms with Gasteiger partial charge < -0.3 is 4.90 Å². The third-order valence-corrected chi connectivity index (χ3v) is 5.07. The second-order valence-corrected chi connectivity index (χ2v) is 6.49. The Balaban J connectivity index is 1.66. The largest absolute Gasteiger partial charge is 0.334 e. The van der Waals surface area contributed by atoms with E-state index in [9.17, 15) is 4.79 Å². The number of carbonyl (C=O) groups is 1. The highest BCUT2D eigenvalue weighted by molar-refractivity contribution is 7.03. The van der Waals surface area contributed by atoms with Gasteiger partial charge in [0.2, 0.25) is 5.91 Å². The normalized spacial score (nSPS) is 19.7. The molecule has 0 aliphatic heterocycles. The molecule has 1 aromatic carbocycles. The average Bonchev–Trinajstić information content (AvgIpc) is 3.21. The summed E-state index contributed by atoms with van der Waals surface area (Å²) in [6.45, 7) is 7.05. The van der Waals surface area contributed by atoms with Crippen molar-refractivity contribution in [2.75, 3.05) is 6.54 Å². The first-order valence-corrected chi connectivity index (χ1v) is 8.39. The molecule has 0 N–H and O–H groups in total. The van der Waals surface area contributed by atoms with Gasteiger partial charge in [-0.3, -0.25) is 4.79 Å². The molecular formula is C18H20N2OS. The van der Waals surface area contributed by atoms with Gasteiger partial charge in [-0.2, -0.15) is 4.37 Å². The first-order chi connectivity index (χ1) is 10.7. The quantitative estimate of drug-likeness (QED) is 0.761. The summed E-state index contributed by atoms with van der Waals surface area (Å²) in [7, 11) is 0. The van der Waals surface area contributed by atoms with E-state index in [0.717, 1.165) is 24.2 Å². The van der Waals surface area contributed by atoms with Crippen LogP contribution in [0.2, 0.25) is 0 Å². The molecule has 3 nitrogen and oxygen atoms in total. The Morgan fingerprint density at radius 2 is 2.23 bits per heavy atom. The number of nitrogens with zero attached hydrogens (tertiary/aromatic N) is 2. The summed E-state index contributed by atoms with van der Waals surface area (Å²) in [6.07, 6.45) is 2.57. The number of aryl methyl sites for hydroxylation is 1. The Hall–Kier alpha value is -1.94. The highest BCUT2D eigenvalue weighted by Crippen LogP contribution is 2.47. The van der Waals surface area contributed by atoms with Crippen molar-refractivity contribution in [2.24, 2.45) is 5.92 Å². The van der Waals surface area contributed by atoms with Gasteiger partial charge in [-0.1, -0.05) is 36.9 Å². The topological polar surface area (TPSA) is 33.2 Å². The minimum Gasteiger partial charge on any atom is -0.334 e. The van der Waals surface area contributed by atoms with Crippen molar-refractivity contribution < 1.29 is 4.79 Å². The zero-order chi connectivity index (χ0) is 15.5. The molecule has 0 spiro atoms. The van der Waals surface area contributed by atoms with E-state index < -0.39 is 0 Å². The van der Waals surface area contributed by atoms with Gasteiger partial charge in [-0.15, -0.1) is 0 Å². The summed E-state index contributed by atoms with van der Waals surface area (Å²) in [5.41, 5.74) is 3.53. The van der Waals surface area contributed by atoms with Crippen LogP contribution in [-0.2, 0) is 11.3 Å². The third-order valence-electron chi connectivity index (χ3n) is 4.30. The van der Waals surface area contributed by atoms with E-state index in [1.165, 1.54) is 23.2 Å². The maximum atomic E-state index is 12.1. The van der Waals surface area contributed by atoms with Crippen LogP contribution in [0.15, 0.2) is 48.4 Å². The SMILES string of the molecule is C=CC(=O)N(Cc1csnc1C)C[C@@H]1C[C@H]1c1ccccc1.